The smallest absolute Gasteiger partial charge is 0.309 e. The van der Waals surface area contributed by atoms with Crippen LogP contribution in [0.15, 0.2) is 36.4 Å². The molecule has 3 heterocycles. The molecule has 1 amide bonds. The molecule has 0 saturated carbocycles. The van der Waals surface area contributed by atoms with E-state index in [1.165, 1.54) is 16.9 Å². The predicted molar refractivity (Wildman–Crippen MR) is 119 cm³/mol. The van der Waals surface area contributed by atoms with Crippen molar-refractivity contribution in [1.29, 1.82) is 0 Å². The van der Waals surface area contributed by atoms with E-state index in [9.17, 15) is 9.59 Å². The zero-order chi connectivity index (χ0) is 21.3. The number of nitrogens with two attached hydrogens (primary N) is 1. The van der Waals surface area contributed by atoms with Gasteiger partial charge < -0.3 is 15.4 Å². The van der Waals surface area contributed by atoms with Crippen molar-refractivity contribution in [3.8, 4) is 11.3 Å². The van der Waals surface area contributed by atoms with E-state index >= 15 is 0 Å². The van der Waals surface area contributed by atoms with E-state index < -0.39 is 0 Å². The average molecular weight is 424 g/mol. The van der Waals surface area contributed by atoms with Crippen LogP contribution in [0.5, 0.6) is 0 Å². The molecule has 0 aliphatic carbocycles. The summed E-state index contributed by atoms with van der Waals surface area (Å²) in [5.41, 5.74) is 9.89. The van der Waals surface area contributed by atoms with E-state index in [1.807, 2.05) is 31.2 Å². The Morgan fingerprint density at radius 1 is 1.17 bits per heavy atom. The Balaban J connectivity index is 1.54. The molecule has 6 nitrogen and oxygen atoms in total. The lowest BCUT2D eigenvalue weighted by atomic mass is 9.97. The van der Waals surface area contributed by atoms with Crippen molar-refractivity contribution in [3.05, 3.63) is 46.8 Å². The molecule has 30 heavy (non-hydrogen) atoms. The number of amides is 1. The molecule has 156 valence electrons. The van der Waals surface area contributed by atoms with Crippen molar-refractivity contribution in [2.75, 3.05) is 25.4 Å². The monoisotopic (exact) mass is 423 g/mol. The standard InChI is InChI=1S/C23H25N3O3S/c1-3-29-23(28)16-10-12-26(13-11-16)22(27)20-19(24)17-8-9-18(25-21(17)30-20)15-6-4-14(2)5-7-15/h4-9,16H,3,10-13,24H2,1-2H3. The second-order valence-electron chi connectivity index (χ2n) is 7.58. The minimum atomic E-state index is -0.168. The highest BCUT2D eigenvalue weighted by molar-refractivity contribution is 7.21. The van der Waals surface area contributed by atoms with Gasteiger partial charge in [0.25, 0.3) is 5.91 Å². The molecule has 0 spiro atoms. The number of ether oxygens (including phenoxy) is 1. The minimum absolute atomic E-state index is 0.0882. The van der Waals surface area contributed by atoms with Gasteiger partial charge in [-0.05, 0) is 38.8 Å². The first-order chi connectivity index (χ1) is 14.5. The number of nitrogen functional groups attached to an aromatic ring is 1. The molecule has 2 aromatic heterocycles. The molecular weight excluding hydrogens is 398 g/mol. The second-order valence-corrected chi connectivity index (χ2v) is 8.58. The van der Waals surface area contributed by atoms with E-state index in [1.54, 1.807) is 11.8 Å². The number of benzene rings is 1. The van der Waals surface area contributed by atoms with Crippen LogP contribution in [0.25, 0.3) is 21.5 Å². The maximum atomic E-state index is 13.1. The number of thiophene rings is 1. The van der Waals surface area contributed by atoms with Crippen LogP contribution in [0.4, 0.5) is 5.69 Å². The van der Waals surface area contributed by atoms with E-state index in [-0.39, 0.29) is 17.8 Å². The quantitative estimate of drug-likeness (QED) is 0.634. The molecule has 1 saturated heterocycles. The number of piperidine rings is 1. The lowest BCUT2D eigenvalue weighted by Crippen LogP contribution is -2.40. The Hall–Kier alpha value is -2.93. The van der Waals surface area contributed by atoms with E-state index in [0.717, 1.165) is 21.5 Å². The lowest BCUT2D eigenvalue weighted by molar-refractivity contribution is -0.149. The molecule has 0 unspecified atom stereocenters. The summed E-state index contributed by atoms with van der Waals surface area (Å²) in [7, 11) is 0. The molecule has 0 atom stereocenters. The number of rotatable bonds is 4. The Bertz CT molecular complexity index is 1080. The van der Waals surface area contributed by atoms with Crippen molar-refractivity contribution >= 4 is 39.1 Å². The fourth-order valence-corrected chi connectivity index (χ4v) is 4.82. The summed E-state index contributed by atoms with van der Waals surface area (Å²) in [6, 6.07) is 12.1. The van der Waals surface area contributed by atoms with E-state index in [4.69, 9.17) is 15.5 Å². The van der Waals surface area contributed by atoms with Gasteiger partial charge >= 0.3 is 5.97 Å². The van der Waals surface area contributed by atoms with Crippen LogP contribution in [0.1, 0.15) is 35.0 Å². The maximum Gasteiger partial charge on any atom is 0.309 e. The minimum Gasteiger partial charge on any atom is -0.466 e. The number of carbonyl (C=O) groups is 2. The number of esters is 1. The molecule has 1 aromatic carbocycles. The number of hydrogen-bond acceptors (Lipinski definition) is 6. The van der Waals surface area contributed by atoms with Crippen LogP contribution in [0.3, 0.4) is 0 Å². The van der Waals surface area contributed by atoms with Gasteiger partial charge in [0.2, 0.25) is 0 Å². The number of aryl methyl sites for hydroxylation is 1. The van der Waals surface area contributed by atoms with E-state index in [2.05, 4.69) is 12.1 Å². The van der Waals surface area contributed by atoms with Crippen LogP contribution in [0, 0.1) is 12.8 Å². The molecule has 1 aliphatic rings. The number of pyridine rings is 1. The summed E-state index contributed by atoms with van der Waals surface area (Å²) in [5, 5.41) is 0.806. The Morgan fingerprint density at radius 2 is 1.87 bits per heavy atom. The lowest BCUT2D eigenvalue weighted by Gasteiger charge is -2.30. The highest BCUT2D eigenvalue weighted by Crippen LogP contribution is 2.35. The number of likely N-dealkylation sites (tertiary alicyclic amines) is 1. The maximum absolute atomic E-state index is 13.1. The normalized spacial score (nSPS) is 14.8. The van der Waals surface area contributed by atoms with Crippen molar-refractivity contribution < 1.29 is 14.3 Å². The molecule has 0 bridgehead atoms. The third-order valence-electron chi connectivity index (χ3n) is 5.54. The Kier molecular flexibility index (Phi) is 5.72. The fourth-order valence-electron chi connectivity index (χ4n) is 3.76. The Morgan fingerprint density at radius 3 is 2.53 bits per heavy atom. The summed E-state index contributed by atoms with van der Waals surface area (Å²) in [4.78, 5) is 32.8. The van der Waals surface area contributed by atoms with Crippen molar-refractivity contribution in [3.63, 3.8) is 0 Å². The van der Waals surface area contributed by atoms with E-state index in [0.29, 0.717) is 43.1 Å². The van der Waals surface area contributed by atoms with Crippen LogP contribution in [-0.4, -0.2) is 41.5 Å². The largest absolute Gasteiger partial charge is 0.466 e. The number of hydrogen-bond donors (Lipinski definition) is 1. The molecule has 2 N–H and O–H groups in total. The first kappa shape index (κ1) is 20.3. The molecule has 1 aliphatic heterocycles. The van der Waals surface area contributed by atoms with Crippen molar-refractivity contribution in [1.82, 2.24) is 9.88 Å². The van der Waals surface area contributed by atoms with Gasteiger partial charge in [-0.1, -0.05) is 29.8 Å². The number of fused-ring (bicyclic) bond motifs is 1. The SMILES string of the molecule is CCOC(=O)C1CCN(C(=O)c2sc3nc(-c4ccc(C)cc4)ccc3c2N)CC1. The molecule has 0 radical (unpaired) electrons. The molecule has 3 aromatic rings. The summed E-state index contributed by atoms with van der Waals surface area (Å²) in [6.07, 6.45) is 1.23. The van der Waals surface area contributed by atoms with Gasteiger partial charge in [-0.3, -0.25) is 9.59 Å². The van der Waals surface area contributed by atoms with Gasteiger partial charge in [0, 0.05) is 24.0 Å². The van der Waals surface area contributed by atoms with Crippen LogP contribution < -0.4 is 5.73 Å². The summed E-state index contributed by atoms with van der Waals surface area (Å²) >= 11 is 1.33. The third kappa shape index (κ3) is 3.89. The van der Waals surface area contributed by atoms with Gasteiger partial charge in [0.1, 0.15) is 9.71 Å². The zero-order valence-electron chi connectivity index (χ0n) is 17.2. The number of aromatic nitrogens is 1. The zero-order valence-corrected chi connectivity index (χ0v) is 18.0. The number of nitrogens with zero attached hydrogens (tertiary/aromatic N) is 2. The van der Waals surface area contributed by atoms with Crippen LogP contribution in [-0.2, 0) is 9.53 Å². The van der Waals surface area contributed by atoms with Gasteiger partial charge in [-0.15, -0.1) is 11.3 Å². The van der Waals surface area contributed by atoms with Crippen molar-refractivity contribution in [2.24, 2.45) is 5.92 Å². The number of carbonyl (C=O) groups excluding carboxylic acids is 2. The Labute approximate surface area is 179 Å². The number of anilines is 1. The molecule has 4 rings (SSSR count). The van der Waals surface area contributed by atoms with Gasteiger partial charge in [-0.2, -0.15) is 0 Å². The first-order valence-electron chi connectivity index (χ1n) is 10.2. The molecule has 7 heteroatoms. The van der Waals surface area contributed by atoms with Crippen LogP contribution >= 0.6 is 11.3 Å². The topological polar surface area (TPSA) is 85.5 Å². The van der Waals surface area contributed by atoms with Crippen molar-refractivity contribution in [2.45, 2.75) is 26.7 Å². The molecule has 1 fully saturated rings. The first-order valence-corrected chi connectivity index (χ1v) is 11.0. The summed E-state index contributed by atoms with van der Waals surface area (Å²) < 4.78 is 5.11. The second kappa shape index (κ2) is 8.44. The summed E-state index contributed by atoms with van der Waals surface area (Å²) in [6.45, 7) is 5.29. The van der Waals surface area contributed by atoms with Gasteiger partial charge in [-0.25, -0.2) is 4.98 Å². The van der Waals surface area contributed by atoms with Crippen LogP contribution in [0.2, 0.25) is 0 Å². The summed E-state index contributed by atoms with van der Waals surface area (Å²) in [5.74, 6) is -0.388. The fraction of sp³-hybridized carbons (Fsp3) is 0.348. The third-order valence-corrected chi connectivity index (χ3v) is 6.64. The highest BCUT2D eigenvalue weighted by Gasteiger charge is 2.30. The predicted octanol–water partition coefficient (Wildman–Crippen LogP) is 4.27. The van der Waals surface area contributed by atoms with Gasteiger partial charge in [0.15, 0.2) is 0 Å². The van der Waals surface area contributed by atoms with Gasteiger partial charge in [0.05, 0.1) is 23.9 Å². The highest BCUT2D eigenvalue weighted by atomic mass is 32.1. The average Bonchev–Trinajstić information content (AvgIpc) is 3.10. The molecular formula is C23H25N3O3S.